The van der Waals surface area contributed by atoms with Gasteiger partial charge in [-0.3, -0.25) is 4.79 Å². The molecule has 0 aromatic carbocycles. The van der Waals surface area contributed by atoms with Crippen molar-refractivity contribution >= 4 is 5.78 Å². The van der Waals surface area contributed by atoms with Crippen LogP contribution < -0.4 is 0 Å². The number of hydrogen-bond acceptors (Lipinski definition) is 2. The zero-order valence-corrected chi connectivity index (χ0v) is 14.1. The fourth-order valence-electron chi connectivity index (χ4n) is 7.90. The second kappa shape index (κ2) is 4.18. The monoisotopic (exact) mass is 302 g/mol. The molecule has 5 rings (SSSR count). The number of rotatable bonds is 0. The second-order valence-corrected chi connectivity index (χ2v) is 9.83. The quantitative estimate of drug-likeness (QED) is 0.738. The number of Topliss-reactive ketones (excluding diaryl/α,β-unsaturated/α-hetero) is 1. The molecule has 0 aromatic heterocycles. The maximum absolute atomic E-state index is 12.7. The Labute approximate surface area is 134 Å². The van der Waals surface area contributed by atoms with Crippen molar-refractivity contribution in [3.63, 3.8) is 0 Å². The van der Waals surface area contributed by atoms with Crippen molar-refractivity contribution in [2.24, 2.45) is 46.3 Å². The van der Waals surface area contributed by atoms with Crippen molar-refractivity contribution in [3.05, 3.63) is 0 Å². The third kappa shape index (κ3) is 1.53. The van der Waals surface area contributed by atoms with E-state index in [0.29, 0.717) is 23.0 Å². The Balaban J connectivity index is 1.49. The van der Waals surface area contributed by atoms with Crippen LogP contribution in [0.2, 0.25) is 0 Å². The van der Waals surface area contributed by atoms with Crippen molar-refractivity contribution in [3.8, 4) is 0 Å². The van der Waals surface area contributed by atoms with E-state index in [1.54, 1.807) is 0 Å². The van der Waals surface area contributed by atoms with Crippen LogP contribution in [0.15, 0.2) is 0 Å². The molecule has 0 aromatic rings. The first-order valence-electron chi connectivity index (χ1n) is 9.67. The van der Waals surface area contributed by atoms with E-state index in [1.807, 2.05) is 0 Å². The Hall–Kier alpha value is -0.370. The maximum atomic E-state index is 12.7. The van der Waals surface area contributed by atoms with Gasteiger partial charge in [-0.2, -0.15) is 0 Å². The summed E-state index contributed by atoms with van der Waals surface area (Å²) in [5.41, 5.74) is 0.478. The largest absolute Gasteiger partial charge is 0.393 e. The van der Waals surface area contributed by atoms with E-state index < -0.39 is 0 Å². The summed E-state index contributed by atoms with van der Waals surface area (Å²) in [7, 11) is 0. The minimum absolute atomic E-state index is 0.0339. The first-order valence-corrected chi connectivity index (χ1v) is 9.67. The van der Waals surface area contributed by atoms with Crippen molar-refractivity contribution in [2.75, 3.05) is 0 Å². The lowest BCUT2D eigenvalue weighted by atomic mass is 9.44. The fourth-order valence-corrected chi connectivity index (χ4v) is 7.90. The minimum Gasteiger partial charge on any atom is -0.393 e. The third-order valence-corrected chi connectivity index (χ3v) is 9.09. The van der Waals surface area contributed by atoms with Crippen LogP contribution in [0, 0.1) is 46.3 Å². The highest BCUT2D eigenvalue weighted by Crippen LogP contribution is 2.72. The average molecular weight is 302 g/mol. The standard InChI is InChI=1S/C20H30O2/c1-19-7-5-12(21)9-11(19)3-4-13-16(19)6-8-20(2)17(13)14-10-15(14)18(20)22/h11-17,21H,3-10H2,1-2H3/t11-,12-,13+,14+,15-,16-,17+,19-,20-/m0/s1. The lowest BCUT2D eigenvalue weighted by molar-refractivity contribution is -0.147. The lowest BCUT2D eigenvalue weighted by Gasteiger charge is -2.60. The van der Waals surface area contributed by atoms with Crippen molar-refractivity contribution in [1.82, 2.24) is 0 Å². The Morgan fingerprint density at radius 3 is 2.64 bits per heavy atom. The van der Waals surface area contributed by atoms with Crippen LogP contribution in [-0.4, -0.2) is 17.0 Å². The summed E-state index contributed by atoms with van der Waals surface area (Å²) in [5.74, 6) is 4.89. The van der Waals surface area contributed by atoms with Crippen LogP contribution in [0.4, 0.5) is 0 Å². The van der Waals surface area contributed by atoms with Gasteiger partial charge in [-0.1, -0.05) is 13.8 Å². The van der Waals surface area contributed by atoms with E-state index in [9.17, 15) is 9.90 Å². The Kier molecular flexibility index (Phi) is 2.66. The Bertz CT molecular complexity index is 528. The van der Waals surface area contributed by atoms with Crippen LogP contribution in [0.25, 0.3) is 0 Å². The van der Waals surface area contributed by atoms with Crippen LogP contribution in [-0.2, 0) is 4.79 Å². The van der Waals surface area contributed by atoms with Gasteiger partial charge in [-0.25, -0.2) is 0 Å². The molecule has 0 saturated heterocycles. The predicted octanol–water partition coefficient (Wildman–Crippen LogP) is 3.82. The molecule has 5 saturated carbocycles. The zero-order valence-electron chi connectivity index (χ0n) is 14.1. The highest BCUT2D eigenvalue weighted by Gasteiger charge is 2.70. The molecule has 1 N–H and O–H groups in total. The molecule has 0 aliphatic heterocycles. The van der Waals surface area contributed by atoms with E-state index in [4.69, 9.17) is 0 Å². The van der Waals surface area contributed by atoms with Crippen molar-refractivity contribution in [1.29, 1.82) is 0 Å². The summed E-state index contributed by atoms with van der Waals surface area (Å²) in [5, 5.41) is 10.1. The van der Waals surface area contributed by atoms with Gasteiger partial charge in [0, 0.05) is 11.3 Å². The summed E-state index contributed by atoms with van der Waals surface area (Å²) in [6.45, 7) is 4.84. The Morgan fingerprint density at radius 1 is 1.00 bits per heavy atom. The number of carbonyl (C=O) groups excluding carboxylic acids is 1. The van der Waals surface area contributed by atoms with Gasteiger partial charge in [0.25, 0.3) is 0 Å². The van der Waals surface area contributed by atoms with Gasteiger partial charge < -0.3 is 5.11 Å². The molecule has 9 atom stereocenters. The van der Waals surface area contributed by atoms with Gasteiger partial charge in [0.2, 0.25) is 0 Å². The SMILES string of the molecule is C[C@]12CC[C@H](O)C[C@@H]1CC[C@H]1[C@@H]3[C@@H]4C[C@@H]4C(=O)[C@@]3(C)CC[C@@H]12. The number of aliphatic hydroxyl groups excluding tert-OH is 1. The first-order chi connectivity index (χ1) is 10.4. The summed E-state index contributed by atoms with van der Waals surface area (Å²) >= 11 is 0. The van der Waals surface area contributed by atoms with Gasteiger partial charge in [-0.15, -0.1) is 0 Å². The molecule has 2 nitrogen and oxygen atoms in total. The molecule has 0 bridgehead atoms. The van der Waals surface area contributed by atoms with Crippen LogP contribution in [0.5, 0.6) is 0 Å². The van der Waals surface area contributed by atoms with Gasteiger partial charge in [0.1, 0.15) is 5.78 Å². The fraction of sp³-hybridized carbons (Fsp3) is 0.950. The van der Waals surface area contributed by atoms with Crippen molar-refractivity contribution in [2.45, 2.75) is 71.3 Å². The molecular formula is C20H30O2. The van der Waals surface area contributed by atoms with Gasteiger partial charge in [0.05, 0.1) is 6.10 Å². The van der Waals surface area contributed by atoms with E-state index >= 15 is 0 Å². The van der Waals surface area contributed by atoms with E-state index in [0.717, 1.165) is 42.9 Å². The van der Waals surface area contributed by atoms with E-state index in [1.165, 1.54) is 32.1 Å². The van der Waals surface area contributed by atoms with E-state index in [-0.39, 0.29) is 11.5 Å². The smallest absolute Gasteiger partial charge is 0.142 e. The molecule has 0 amide bonds. The zero-order chi connectivity index (χ0) is 15.3. The first kappa shape index (κ1) is 14.0. The van der Waals surface area contributed by atoms with E-state index in [2.05, 4.69) is 13.8 Å². The molecule has 0 unspecified atom stereocenters. The van der Waals surface area contributed by atoms with Crippen LogP contribution in [0.1, 0.15) is 65.2 Å². The van der Waals surface area contributed by atoms with Crippen LogP contribution in [0.3, 0.4) is 0 Å². The molecule has 5 aliphatic rings. The molecule has 0 spiro atoms. The molecule has 0 heterocycles. The number of aliphatic hydroxyl groups is 1. The molecule has 5 aliphatic carbocycles. The van der Waals surface area contributed by atoms with Gasteiger partial charge in [-0.05, 0) is 86.4 Å². The number of fused-ring (bicyclic) bond motifs is 7. The minimum atomic E-state index is -0.0515. The van der Waals surface area contributed by atoms with Gasteiger partial charge in [0.15, 0.2) is 0 Å². The average Bonchev–Trinajstić information content (AvgIpc) is 3.22. The summed E-state index contributed by atoms with van der Waals surface area (Å²) in [4.78, 5) is 12.7. The molecule has 22 heavy (non-hydrogen) atoms. The lowest BCUT2D eigenvalue weighted by Crippen LogP contribution is -2.54. The molecular weight excluding hydrogens is 272 g/mol. The summed E-state index contributed by atoms with van der Waals surface area (Å²) in [6.07, 6.45) is 9.45. The number of ketones is 1. The molecule has 2 heteroatoms. The Morgan fingerprint density at radius 2 is 1.82 bits per heavy atom. The highest BCUT2D eigenvalue weighted by molar-refractivity contribution is 5.92. The number of carbonyl (C=O) groups is 1. The highest BCUT2D eigenvalue weighted by atomic mass is 16.3. The van der Waals surface area contributed by atoms with Gasteiger partial charge >= 0.3 is 0 Å². The predicted molar refractivity (Wildman–Crippen MR) is 85.1 cm³/mol. The summed E-state index contributed by atoms with van der Waals surface area (Å²) in [6, 6.07) is 0. The second-order valence-electron chi connectivity index (χ2n) is 9.83. The molecule has 0 radical (unpaired) electrons. The molecule has 122 valence electrons. The molecule has 5 fully saturated rings. The normalized spacial score (nSPS) is 62.7. The summed E-state index contributed by atoms with van der Waals surface area (Å²) < 4.78 is 0. The van der Waals surface area contributed by atoms with Crippen LogP contribution >= 0.6 is 0 Å². The number of hydrogen-bond donors (Lipinski definition) is 1. The topological polar surface area (TPSA) is 37.3 Å². The third-order valence-electron chi connectivity index (χ3n) is 9.09. The van der Waals surface area contributed by atoms with Crippen molar-refractivity contribution < 1.29 is 9.90 Å². The maximum Gasteiger partial charge on any atom is 0.142 e.